The second-order valence-corrected chi connectivity index (χ2v) is 4.19. The molecule has 0 aliphatic rings. The van der Waals surface area contributed by atoms with E-state index in [1.165, 1.54) is 25.1 Å². The minimum Gasteiger partial charge on any atom is -0.391 e. The van der Waals surface area contributed by atoms with E-state index in [0.717, 1.165) is 0 Å². The van der Waals surface area contributed by atoms with Crippen LogP contribution in [0.2, 0.25) is 5.02 Å². The predicted molar refractivity (Wildman–Crippen MR) is 62.0 cm³/mol. The van der Waals surface area contributed by atoms with E-state index >= 15 is 0 Å². The lowest BCUT2D eigenvalue weighted by molar-refractivity contribution is -0.0435. The molecular formula is C12H13ClFNO2. The van der Waals surface area contributed by atoms with Crippen LogP contribution in [0.25, 0.3) is 0 Å². The normalized spacial score (nSPS) is 16.0. The number of nitrogens with zero attached hydrogens (tertiary/aromatic N) is 1. The van der Waals surface area contributed by atoms with E-state index in [0.29, 0.717) is 5.02 Å². The number of rotatable bonds is 4. The number of benzene rings is 1. The summed E-state index contributed by atoms with van der Waals surface area (Å²) in [5.74, 6) is -0.557. The van der Waals surface area contributed by atoms with Crippen LogP contribution in [-0.2, 0) is 4.74 Å². The zero-order valence-electron chi connectivity index (χ0n) is 9.52. The van der Waals surface area contributed by atoms with Crippen LogP contribution in [0, 0.1) is 17.1 Å². The van der Waals surface area contributed by atoms with E-state index in [2.05, 4.69) is 0 Å². The summed E-state index contributed by atoms with van der Waals surface area (Å²) < 4.78 is 18.8. The lowest BCUT2D eigenvalue weighted by atomic mass is 10.1. The molecule has 1 aromatic carbocycles. The Labute approximate surface area is 104 Å². The Morgan fingerprint density at radius 1 is 1.47 bits per heavy atom. The first kappa shape index (κ1) is 13.9. The smallest absolute Gasteiger partial charge is 0.172 e. The Hall–Kier alpha value is -1.15. The molecule has 17 heavy (non-hydrogen) atoms. The third-order valence-corrected chi connectivity index (χ3v) is 2.62. The molecule has 92 valence electrons. The van der Waals surface area contributed by atoms with Gasteiger partial charge in [0.15, 0.2) is 6.10 Å². The van der Waals surface area contributed by atoms with Gasteiger partial charge in [0.1, 0.15) is 5.82 Å². The lowest BCUT2D eigenvalue weighted by Crippen LogP contribution is -2.24. The lowest BCUT2D eigenvalue weighted by Gasteiger charge is -2.20. The average Bonchev–Trinajstić information content (AvgIpc) is 2.29. The van der Waals surface area contributed by atoms with Crippen LogP contribution in [0.4, 0.5) is 4.39 Å². The Bertz CT molecular complexity index is 431. The number of ether oxygens (including phenoxy) is 1. The van der Waals surface area contributed by atoms with Crippen molar-refractivity contribution in [3.8, 4) is 6.07 Å². The van der Waals surface area contributed by atoms with Gasteiger partial charge in [-0.1, -0.05) is 11.6 Å². The molecule has 0 heterocycles. The molecule has 0 aliphatic carbocycles. The molecular weight excluding hydrogens is 245 g/mol. The molecule has 0 saturated carbocycles. The second-order valence-electron chi connectivity index (χ2n) is 3.76. The minimum atomic E-state index is -1.08. The highest BCUT2D eigenvalue weighted by Gasteiger charge is 2.21. The van der Waals surface area contributed by atoms with E-state index < -0.39 is 24.1 Å². The van der Waals surface area contributed by atoms with Crippen molar-refractivity contribution >= 4 is 11.6 Å². The van der Waals surface area contributed by atoms with Gasteiger partial charge in [-0.3, -0.25) is 0 Å². The molecule has 5 heteroatoms. The van der Waals surface area contributed by atoms with Gasteiger partial charge < -0.3 is 9.84 Å². The van der Waals surface area contributed by atoms with Crippen molar-refractivity contribution in [2.45, 2.75) is 32.2 Å². The molecule has 0 bridgehead atoms. The quantitative estimate of drug-likeness (QED) is 0.902. The van der Waals surface area contributed by atoms with Crippen LogP contribution in [-0.4, -0.2) is 17.3 Å². The van der Waals surface area contributed by atoms with E-state index in [1.807, 2.05) is 6.07 Å². The summed E-state index contributed by atoms with van der Waals surface area (Å²) in [5, 5.41) is 18.6. The standard InChI is InChI=1S/C12H13ClFNO2/c1-7(16)8(2)17-12(6-15)10-5-9(13)3-4-11(10)14/h3-5,7-8,12,16H,1-2H3. The summed E-state index contributed by atoms with van der Waals surface area (Å²) >= 11 is 5.74. The third kappa shape index (κ3) is 3.67. The molecule has 0 radical (unpaired) electrons. The maximum Gasteiger partial charge on any atom is 0.172 e. The first-order valence-electron chi connectivity index (χ1n) is 5.13. The van der Waals surface area contributed by atoms with Crippen molar-refractivity contribution in [3.63, 3.8) is 0 Å². The molecule has 3 unspecified atom stereocenters. The summed E-state index contributed by atoms with van der Waals surface area (Å²) in [4.78, 5) is 0. The maximum atomic E-state index is 13.5. The van der Waals surface area contributed by atoms with Gasteiger partial charge in [0.05, 0.1) is 18.3 Å². The molecule has 1 rings (SSSR count). The Balaban J connectivity index is 2.95. The number of aliphatic hydroxyl groups is 1. The van der Waals surface area contributed by atoms with Gasteiger partial charge in [0.2, 0.25) is 0 Å². The van der Waals surface area contributed by atoms with Crippen molar-refractivity contribution in [2.75, 3.05) is 0 Å². The molecule has 3 nitrogen and oxygen atoms in total. The SMILES string of the molecule is CC(O)C(C)OC(C#N)c1cc(Cl)ccc1F. The van der Waals surface area contributed by atoms with Crippen molar-refractivity contribution in [1.82, 2.24) is 0 Å². The van der Waals surface area contributed by atoms with Gasteiger partial charge in [-0.05, 0) is 32.0 Å². The second kappa shape index (κ2) is 5.97. The van der Waals surface area contributed by atoms with Gasteiger partial charge in [-0.2, -0.15) is 5.26 Å². The highest BCUT2D eigenvalue weighted by molar-refractivity contribution is 6.30. The number of aliphatic hydroxyl groups excluding tert-OH is 1. The molecule has 1 aromatic rings. The van der Waals surface area contributed by atoms with Gasteiger partial charge in [-0.25, -0.2) is 4.39 Å². The average molecular weight is 258 g/mol. The van der Waals surface area contributed by atoms with Crippen LogP contribution in [0.1, 0.15) is 25.5 Å². The summed E-state index contributed by atoms with van der Waals surface area (Å²) in [6.07, 6.45) is -2.40. The first-order valence-corrected chi connectivity index (χ1v) is 5.51. The van der Waals surface area contributed by atoms with Crippen molar-refractivity contribution in [1.29, 1.82) is 5.26 Å². The van der Waals surface area contributed by atoms with E-state index in [1.54, 1.807) is 6.92 Å². The first-order chi connectivity index (χ1) is 7.95. The number of nitriles is 1. The zero-order chi connectivity index (χ0) is 13.0. The Kier molecular flexibility index (Phi) is 4.88. The van der Waals surface area contributed by atoms with Crippen LogP contribution in [0.15, 0.2) is 18.2 Å². The minimum absolute atomic E-state index is 0.0764. The van der Waals surface area contributed by atoms with Gasteiger partial charge >= 0.3 is 0 Å². The molecule has 0 aromatic heterocycles. The highest BCUT2D eigenvalue weighted by Crippen LogP contribution is 2.25. The molecule has 0 aliphatic heterocycles. The van der Waals surface area contributed by atoms with Crippen LogP contribution >= 0.6 is 11.6 Å². The molecule has 1 N–H and O–H groups in total. The maximum absolute atomic E-state index is 13.5. The summed E-state index contributed by atoms with van der Waals surface area (Å²) in [6, 6.07) is 5.76. The number of halogens is 2. The van der Waals surface area contributed by atoms with Crippen LogP contribution in [0.3, 0.4) is 0 Å². The molecule has 0 spiro atoms. The Morgan fingerprint density at radius 2 is 2.12 bits per heavy atom. The third-order valence-electron chi connectivity index (χ3n) is 2.39. The zero-order valence-corrected chi connectivity index (χ0v) is 10.3. The number of hydrogen-bond acceptors (Lipinski definition) is 3. The topological polar surface area (TPSA) is 53.2 Å². The predicted octanol–water partition coefficient (Wildman–Crippen LogP) is 2.83. The van der Waals surface area contributed by atoms with Gasteiger partial charge in [-0.15, -0.1) is 0 Å². The largest absolute Gasteiger partial charge is 0.391 e. The number of hydrogen-bond donors (Lipinski definition) is 1. The summed E-state index contributed by atoms with van der Waals surface area (Å²) in [5.41, 5.74) is 0.0764. The monoisotopic (exact) mass is 257 g/mol. The fourth-order valence-electron chi connectivity index (χ4n) is 1.22. The van der Waals surface area contributed by atoms with Crippen molar-refractivity contribution in [2.24, 2.45) is 0 Å². The fraction of sp³-hybridized carbons (Fsp3) is 0.417. The Morgan fingerprint density at radius 3 is 2.65 bits per heavy atom. The van der Waals surface area contributed by atoms with Crippen molar-refractivity contribution < 1.29 is 14.2 Å². The van der Waals surface area contributed by atoms with E-state index in [9.17, 15) is 9.50 Å². The highest BCUT2D eigenvalue weighted by atomic mass is 35.5. The van der Waals surface area contributed by atoms with E-state index in [4.69, 9.17) is 21.6 Å². The molecule has 0 saturated heterocycles. The van der Waals surface area contributed by atoms with Crippen LogP contribution < -0.4 is 0 Å². The van der Waals surface area contributed by atoms with Crippen LogP contribution in [0.5, 0.6) is 0 Å². The molecule has 0 amide bonds. The fourth-order valence-corrected chi connectivity index (χ4v) is 1.40. The van der Waals surface area contributed by atoms with Crippen molar-refractivity contribution in [3.05, 3.63) is 34.6 Å². The van der Waals surface area contributed by atoms with E-state index in [-0.39, 0.29) is 5.56 Å². The van der Waals surface area contributed by atoms with Gasteiger partial charge in [0.25, 0.3) is 0 Å². The molecule has 0 fully saturated rings. The summed E-state index contributed by atoms with van der Waals surface area (Å²) in [7, 11) is 0. The summed E-state index contributed by atoms with van der Waals surface area (Å²) in [6.45, 7) is 3.14. The van der Waals surface area contributed by atoms with Gasteiger partial charge in [0, 0.05) is 10.6 Å². The molecule has 3 atom stereocenters.